The number of alkyl halides is 3. The number of benzene rings is 1. The van der Waals surface area contributed by atoms with Crippen molar-refractivity contribution in [3.8, 4) is 5.75 Å². The Morgan fingerprint density at radius 2 is 1.86 bits per heavy atom. The fourth-order valence-electron chi connectivity index (χ4n) is 2.53. The van der Waals surface area contributed by atoms with Crippen LogP contribution in [0.25, 0.3) is 0 Å². The summed E-state index contributed by atoms with van der Waals surface area (Å²) in [5.41, 5.74) is 1.90. The van der Waals surface area contributed by atoms with Crippen LogP contribution in [0.2, 0.25) is 0 Å². The van der Waals surface area contributed by atoms with E-state index in [2.05, 4.69) is 10.4 Å². The Bertz CT molecular complexity index is 893. The highest BCUT2D eigenvalue weighted by atomic mass is 19.4. The Balaban J connectivity index is 1.67. The van der Waals surface area contributed by atoms with Crippen molar-refractivity contribution in [3.63, 3.8) is 0 Å². The molecular weight excluding hydrogens is 408 g/mol. The van der Waals surface area contributed by atoms with Crippen molar-refractivity contribution in [2.24, 2.45) is 0 Å². The SMILES string of the molecule is CC(NOc1cnn2c1CN(C(=O)Nc1cc(F)c(F)c(F)c1)CC2)C(F)(F)F. The van der Waals surface area contributed by atoms with E-state index in [1.807, 2.05) is 5.48 Å². The minimum Gasteiger partial charge on any atom is -0.404 e. The van der Waals surface area contributed by atoms with Crippen LogP contribution in [0.1, 0.15) is 12.6 Å². The average Bonchev–Trinajstić information content (AvgIpc) is 3.05. The van der Waals surface area contributed by atoms with Gasteiger partial charge in [0.15, 0.2) is 23.2 Å². The topological polar surface area (TPSA) is 71.4 Å². The molecule has 0 saturated carbocycles. The molecule has 0 bridgehead atoms. The maximum Gasteiger partial charge on any atom is 0.406 e. The fraction of sp³-hybridized carbons (Fsp3) is 0.375. The van der Waals surface area contributed by atoms with Crippen molar-refractivity contribution in [2.45, 2.75) is 32.2 Å². The van der Waals surface area contributed by atoms with Gasteiger partial charge < -0.3 is 15.1 Å². The Hall–Kier alpha value is -2.96. The molecule has 2 amide bonds. The molecule has 7 nitrogen and oxygen atoms in total. The van der Waals surface area contributed by atoms with Gasteiger partial charge in [-0.3, -0.25) is 4.68 Å². The van der Waals surface area contributed by atoms with E-state index >= 15 is 0 Å². The van der Waals surface area contributed by atoms with Crippen LogP contribution >= 0.6 is 0 Å². The van der Waals surface area contributed by atoms with Crippen LogP contribution < -0.4 is 15.6 Å². The number of urea groups is 1. The maximum atomic E-state index is 13.3. The number of carbonyl (C=O) groups is 1. The van der Waals surface area contributed by atoms with E-state index in [1.165, 1.54) is 15.8 Å². The van der Waals surface area contributed by atoms with E-state index in [9.17, 15) is 31.1 Å². The lowest BCUT2D eigenvalue weighted by atomic mass is 10.2. The lowest BCUT2D eigenvalue weighted by molar-refractivity contribution is -0.167. The molecule has 2 heterocycles. The average molecular weight is 423 g/mol. The van der Waals surface area contributed by atoms with Gasteiger partial charge in [-0.2, -0.15) is 18.3 Å². The van der Waals surface area contributed by atoms with E-state index in [0.717, 1.165) is 6.92 Å². The second-order valence-electron chi connectivity index (χ2n) is 6.27. The van der Waals surface area contributed by atoms with Gasteiger partial charge in [0.25, 0.3) is 0 Å². The van der Waals surface area contributed by atoms with Gasteiger partial charge in [0.2, 0.25) is 0 Å². The number of fused-ring (bicyclic) bond motifs is 1. The number of halogens is 6. The molecule has 1 aliphatic heterocycles. The van der Waals surface area contributed by atoms with Crippen LogP contribution in [-0.2, 0) is 13.1 Å². The van der Waals surface area contributed by atoms with Crippen molar-refractivity contribution in [3.05, 3.63) is 41.5 Å². The molecule has 1 aliphatic rings. The highest BCUT2D eigenvalue weighted by molar-refractivity contribution is 5.89. The minimum absolute atomic E-state index is 0.00234. The predicted octanol–water partition coefficient (Wildman–Crippen LogP) is 3.18. The molecule has 2 aromatic rings. The first-order valence-corrected chi connectivity index (χ1v) is 8.30. The summed E-state index contributed by atoms with van der Waals surface area (Å²) in [5.74, 6) is -4.58. The standard InChI is InChI=1S/C16H15F6N5O2/c1-8(16(20,21)22)25-29-13-6-23-27-3-2-26(7-12(13)27)15(28)24-9-4-10(17)14(19)11(18)5-9/h4-6,8,25H,2-3,7H2,1H3,(H,24,28). The van der Waals surface area contributed by atoms with Crippen molar-refractivity contribution >= 4 is 11.7 Å². The number of hydroxylamine groups is 1. The summed E-state index contributed by atoms with van der Waals surface area (Å²) in [6, 6.07) is -1.43. The lowest BCUT2D eigenvalue weighted by Crippen LogP contribution is -2.43. The molecule has 2 N–H and O–H groups in total. The second-order valence-corrected chi connectivity index (χ2v) is 6.27. The fourth-order valence-corrected chi connectivity index (χ4v) is 2.53. The molecule has 29 heavy (non-hydrogen) atoms. The third-order valence-electron chi connectivity index (χ3n) is 4.19. The summed E-state index contributed by atoms with van der Waals surface area (Å²) in [6.07, 6.45) is -3.31. The van der Waals surface area contributed by atoms with E-state index in [0.29, 0.717) is 17.8 Å². The summed E-state index contributed by atoms with van der Waals surface area (Å²) >= 11 is 0. The maximum absolute atomic E-state index is 13.3. The Kier molecular flexibility index (Phi) is 5.59. The van der Waals surface area contributed by atoms with E-state index in [-0.39, 0.29) is 31.1 Å². The largest absolute Gasteiger partial charge is 0.406 e. The van der Waals surface area contributed by atoms with Crippen molar-refractivity contribution in [1.29, 1.82) is 0 Å². The predicted molar refractivity (Wildman–Crippen MR) is 87.3 cm³/mol. The number of anilines is 1. The number of nitrogens with zero attached hydrogens (tertiary/aromatic N) is 3. The van der Waals surface area contributed by atoms with Crippen LogP contribution in [0.15, 0.2) is 18.3 Å². The molecular formula is C16H15F6N5O2. The number of rotatable bonds is 4. The van der Waals surface area contributed by atoms with Gasteiger partial charge >= 0.3 is 12.2 Å². The first-order chi connectivity index (χ1) is 13.6. The number of amides is 2. The van der Waals surface area contributed by atoms with Gasteiger partial charge in [0, 0.05) is 24.4 Å². The van der Waals surface area contributed by atoms with Crippen LogP contribution in [0.5, 0.6) is 5.75 Å². The summed E-state index contributed by atoms with van der Waals surface area (Å²) in [5, 5.41) is 6.22. The monoisotopic (exact) mass is 423 g/mol. The Morgan fingerprint density at radius 3 is 2.48 bits per heavy atom. The molecule has 158 valence electrons. The summed E-state index contributed by atoms with van der Waals surface area (Å²) in [7, 11) is 0. The number of nitrogens with one attached hydrogen (secondary N) is 2. The van der Waals surface area contributed by atoms with Crippen LogP contribution in [0, 0.1) is 17.5 Å². The molecule has 3 rings (SSSR count). The van der Waals surface area contributed by atoms with E-state index in [4.69, 9.17) is 4.84 Å². The van der Waals surface area contributed by atoms with Gasteiger partial charge in [0.1, 0.15) is 11.7 Å². The van der Waals surface area contributed by atoms with Crippen LogP contribution in [0.4, 0.5) is 36.8 Å². The van der Waals surface area contributed by atoms with Crippen molar-refractivity contribution in [2.75, 3.05) is 11.9 Å². The zero-order valence-corrected chi connectivity index (χ0v) is 14.9. The molecule has 13 heteroatoms. The number of hydrogen-bond acceptors (Lipinski definition) is 4. The normalized spacial score (nSPS) is 15.1. The molecule has 0 aliphatic carbocycles. The Morgan fingerprint density at radius 1 is 1.21 bits per heavy atom. The number of carbonyl (C=O) groups excluding carboxylic acids is 1. The van der Waals surface area contributed by atoms with Gasteiger partial charge in [-0.25, -0.2) is 18.0 Å². The quantitative estimate of drug-likeness (QED) is 0.450. The zero-order chi connectivity index (χ0) is 21.3. The summed E-state index contributed by atoms with van der Waals surface area (Å²) in [4.78, 5) is 18.6. The van der Waals surface area contributed by atoms with E-state index in [1.54, 1.807) is 0 Å². The minimum atomic E-state index is -4.52. The third kappa shape index (κ3) is 4.55. The molecule has 0 fully saturated rings. The summed E-state index contributed by atoms with van der Waals surface area (Å²) < 4.78 is 78.7. The lowest BCUT2D eigenvalue weighted by Gasteiger charge is -2.28. The van der Waals surface area contributed by atoms with Crippen LogP contribution in [0.3, 0.4) is 0 Å². The highest BCUT2D eigenvalue weighted by Crippen LogP contribution is 2.25. The highest BCUT2D eigenvalue weighted by Gasteiger charge is 2.37. The molecule has 0 spiro atoms. The molecule has 0 saturated heterocycles. The molecule has 1 aromatic heterocycles. The summed E-state index contributed by atoms with van der Waals surface area (Å²) in [6.45, 7) is 1.16. The number of hydrogen-bond donors (Lipinski definition) is 2. The van der Waals surface area contributed by atoms with Gasteiger partial charge in [-0.1, -0.05) is 0 Å². The molecule has 1 unspecified atom stereocenters. The first-order valence-electron chi connectivity index (χ1n) is 8.30. The van der Waals surface area contributed by atoms with Crippen LogP contribution in [-0.4, -0.2) is 39.5 Å². The van der Waals surface area contributed by atoms with Gasteiger partial charge in [-0.15, -0.1) is 5.48 Å². The first kappa shape index (κ1) is 20.8. The van der Waals surface area contributed by atoms with Crippen molar-refractivity contribution < 1.29 is 36.0 Å². The zero-order valence-electron chi connectivity index (χ0n) is 14.9. The van der Waals surface area contributed by atoms with E-state index < -0.39 is 35.7 Å². The number of aromatic nitrogens is 2. The third-order valence-corrected chi connectivity index (χ3v) is 4.19. The molecule has 0 radical (unpaired) electrons. The smallest absolute Gasteiger partial charge is 0.404 e. The van der Waals surface area contributed by atoms with Gasteiger partial charge in [-0.05, 0) is 6.92 Å². The Labute approximate surface area is 160 Å². The van der Waals surface area contributed by atoms with Crippen molar-refractivity contribution in [1.82, 2.24) is 20.2 Å². The molecule has 1 atom stereocenters. The molecule has 1 aromatic carbocycles. The second kappa shape index (κ2) is 7.81. The van der Waals surface area contributed by atoms with Gasteiger partial charge in [0.05, 0.1) is 19.3 Å².